The van der Waals surface area contributed by atoms with Crippen LogP contribution in [0.1, 0.15) is 40.5 Å². The van der Waals surface area contributed by atoms with Gasteiger partial charge in [-0.3, -0.25) is 9.59 Å². The third-order valence-electron chi connectivity index (χ3n) is 3.48. The Bertz CT molecular complexity index is 344. The summed E-state index contributed by atoms with van der Waals surface area (Å²) in [5.74, 6) is -0.501. The van der Waals surface area contributed by atoms with E-state index in [1.54, 1.807) is 0 Å². The van der Waals surface area contributed by atoms with Crippen molar-refractivity contribution in [3.8, 4) is 0 Å². The second-order valence-electron chi connectivity index (χ2n) is 5.63. The number of fused-ring (bicyclic) bond motifs is 3. The van der Waals surface area contributed by atoms with E-state index < -0.39 is 11.2 Å². The first kappa shape index (κ1) is 11.6. The highest BCUT2D eigenvalue weighted by molar-refractivity contribution is 5.86. The summed E-state index contributed by atoms with van der Waals surface area (Å²) in [5, 5.41) is 0. The fourth-order valence-corrected chi connectivity index (χ4v) is 3.24. The molecule has 2 heterocycles. The van der Waals surface area contributed by atoms with Crippen LogP contribution < -0.4 is 0 Å². The van der Waals surface area contributed by atoms with Crippen LogP contribution >= 0.6 is 0 Å². The number of hydrogen-bond donors (Lipinski definition) is 0. The van der Waals surface area contributed by atoms with E-state index in [4.69, 9.17) is 9.47 Å². The Hall–Kier alpha value is -0.900. The Kier molecular flexibility index (Phi) is 2.38. The van der Waals surface area contributed by atoms with Crippen molar-refractivity contribution in [1.29, 1.82) is 0 Å². The maximum absolute atomic E-state index is 12.0. The molecule has 2 saturated heterocycles. The average Bonchev–Trinajstić information content (AvgIpc) is 1.94. The number of ketones is 1. The topological polar surface area (TPSA) is 52.6 Å². The molecule has 1 aliphatic carbocycles. The Labute approximate surface area is 95.3 Å². The van der Waals surface area contributed by atoms with Gasteiger partial charge in [-0.05, 0) is 20.8 Å². The molecule has 4 heteroatoms. The van der Waals surface area contributed by atoms with Crippen LogP contribution in [-0.4, -0.2) is 29.1 Å². The third kappa shape index (κ3) is 1.75. The number of Topliss-reactive ketones (excluding diaryl/α,β-unsaturated/α-hetero) is 1. The van der Waals surface area contributed by atoms with Crippen molar-refractivity contribution < 1.29 is 19.1 Å². The number of carbonyl (C=O) groups excluding carboxylic acids is 2. The van der Waals surface area contributed by atoms with E-state index >= 15 is 0 Å². The Balaban J connectivity index is 2.31. The molecule has 90 valence electrons. The summed E-state index contributed by atoms with van der Waals surface area (Å²) in [7, 11) is 0. The molecule has 3 atom stereocenters. The van der Waals surface area contributed by atoms with E-state index in [0.717, 1.165) is 0 Å². The monoisotopic (exact) mass is 226 g/mol. The van der Waals surface area contributed by atoms with Gasteiger partial charge in [0.05, 0.1) is 17.1 Å². The van der Waals surface area contributed by atoms with E-state index in [-0.39, 0.29) is 23.8 Å². The largest absolute Gasteiger partial charge is 0.462 e. The van der Waals surface area contributed by atoms with Crippen molar-refractivity contribution >= 4 is 11.8 Å². The minimum absolute atomic E-state index is 0.149. The first-order valence-electron chi connectivity index (χ1n) is 5.64. The molecular weight excluding hydrogens is 208 g/mol. The van der Waals surface area contributed by atoms with Gasteiger partial charge in [-0.1, -0.05) is 0 Å². The fourth-order valence-electron chi connectivity index (χ4n) is 3.24. The normalized spacial score (nSPS) is 40.9. The molecule has 0 aromatic rings. The zero-order valence-corrected chi connectivity index (χ0v) is 10.2. The number of carbonyl (C=O) groups is 2. The minimum Gasteiger partial charge on any atom is -0.462 e. The summed E-state index contributed by atoms with van der Waals surface area (Å²) in [6.45, 7) is 7.08. The molecule has 2 aliphatic heterocycles. The van der Waals surface area contributed by atoms with Crippen LogP contribution in [0.4, 0.5) is 0 Å². The predicted molar refractivity (Wildman–Crippen MR) is 56.9 cm³/mol. The van der Waals surface area contributed by atoms with E-state index in [0.29, 0.717) is 12.8 Å². The summed E-state index contributed by atoms with van der Waals surface area (Å²) >= 11 is 0. The molecule has 0 aromatic heterocycles. The smallest absolute Gasteiger partial charge is 0.302 e. The third-order valence-corrected chi connectivity index (χ3v) is 3.48. The lowest BCUT2D eigenvalue weighted by Crippen LogP contribution is -2.64. The molecule has 16 heavy (non-hydrogen) atoms. The SMILES string of the molecule is CC(=O)OC1CC2(C)CC(=O)C1C(C)(C)O2. The van der Waals surface area contributed by atoms with Gasteiger partial charge >= 0.3 is 5.97 Å². The van der Waals surface area contributed by atoms with Gasteiger partial charge in [0.15, 0.2) is 0 Å². The van der Waals surface area contributed by atoms with Crippen molar-refractivity contribution in [3.05, 3.63) is 0 Å². The van der Waals surface area contributed by atoms with Gasteiger partial charge < -0.3 is 9.47 Å². The van der Waals surface area contributed by atoms with E-state index in [1.807, 2.05) is 20.8 Å². The molecule has 0 aromatic carbocycles. The molecule has 2 bridgehead atoms. The molecule has 3 fully saturated rings. The van der Waals surface area contributed by atoms with Crippen molar-refractivity contribution in [2.45, 2.75) is 57.8 Å². The van der Waals surface area contributed by atoms with Gasteiger partial charge in [-0.2, -0.15) is 0 Å². The summed E-state index contributed by atoms with van der Waals surface area (Å²) in [4.78, 5) is 23.0. The highest BCUT2D eigenvalue weighted by atomic mass is 16.6. The molecule has 0 spiro atoms. The van der Waals surface area contributed by atoms with E-state index in [9.17, 15) is 9.59 Å². The minimum atomic E-state index is -0.539. The van der Waals surface area contributed by atoms with Crippen molar-refractivity contribution in [2.75, 3.05) is 0 Å². The van der Waals surface area contributed by atoms with Crippen molar-refractivity contribution in [1.82, 2.24) is 0 Å². The summed E-state index contributed by atoms with van der Waals surface area (Å²) in [6.07, 6.45) is 0.721. The molecule has 1 saturated carbocycles. The van der Waals surface area contributed by atoms with Gasteiger partial charge in [0, 0.05) is 19.8 Å². The van der Waals surface area contributed by atoms with Gasteiger partial charge in [0.1, 0.15) is 11.9 Å². The molecule has 0 radical (unpaired) electrons. The highest BCUT2D eigenvalue weighted by Gasteiger charge is 2.59. The van der Waals surface area contributed by atoms with Crippen LogP contribution in [0.15, 0.2) is 0 Å². The Morgan fingerprint density at radius 3 is 2.50 bits per heavy atom. The van der Waals surface area contributed by atoms with Crippen LogP contribution in [0.5, 0.6) is 0 Å². The molecule has 0 amide bonds. The number of esters is 1. The maximum atomic E-state index is 12.0. The Morgan fingerprint density at radius 1 is 1.44 bits per heavy atom. The molecule has 4 nitrogen and oxygen atoms in total. The molecule has 3 aliphatic rings. The lowest BCUT2D eigenvalue weighted by Gasteiger charge is -2.55. The predicted octanol–water partition coefficient (Wildman–Crippen LogP) is 1.46. The second kappa shape index (κ2) is 3.29. The van der Waals surface area contributed by atoms with Gasteiger partial charge in [-0.15, -0.1) is 0 Å². The van der Waals surface area contributed by atoms with E-state index in [2.05, 4.69) is 0 Å². The molecule has 3 rings (SSSR count). The van der Waals surface area contributed by atoms with Crippen LogP contribution in [0, 0.1) is 5.92 Å². The van der Waals surface area contributed by atoms with Gasteiger partial charge in [-0.25, -0.2) is 0 Å². The number of rotatable bonds is 1. The van der Waals surface area contributed by atoms with Crippen LogP contribution in [-0.2, 0) is 19.1 Å². The van der Waals surface area contributed by atoms with Gasteiger partial charge in [0.2, 0.25) is 0 Å². The first-order chi connectivity index (χ1) is 7.23. The summed E-state index contributed by atoms with van der Waals surface area (Å²) in [6, 6.07) is 0. The number of hydrogen-bond acceptors (Lipinski definition) is 4. The van der Waals surface area contributed by atoms with E-state index in [1.165, 1.54) is 6.92 Å². The van der Waals surface area contributed by atoms with Crippen LogP contribution in [0.3, 0.4) is 0 Å². The maximum Gasteiger partial charge on any atom is 0.302 e. The standard InChI is InChI=1S/C12H18O4/c1-7(13)15-9-6-12(4)5-8(14)10(9)11(2,3)16-12/h9-10H,5-6H2,1-4H3. The lowest BCUT2D eigenvalue weighted by molar-refractivity contribution is -0.252. The fraction of sp³-hybridized carbons (Fsp3) is 0.833. The van der Waals surface area contributed by atoms with Crippen molar-refractivity contribution in [3.63, 3.8) is 0 Å². The molecule has 3 unspecified atom stereocenters. The zero-order valence-electron chi connectivity index (χ0n) is 10.2. The average molecular weight is 226 g/mol. The summed E-state index contributed by atoms with van der Waals surface area (Å²) in [5.41, 5.74) is -1.02. The quantitative estimate of drug-likeness (QED) is 0.635. The second-order valence-corrected chi connectivity index (χ2v) is 5.63. The van der Waals surface area contributed by atoms with Gasteiger partial charge in [0.25, 0.3) is 0 Å². The molecular formula is C12H18O4. The molecule has 0 N–H and O–H groups in total. The Morgan fingerprint density at radius 2 is 2.06 bits per heavy atom. The van der Waals surface area contributed by atoms with Crippen LogP contribution in [0.25, 0.3) is 0 Å². The van der Waals surface area contributed by atoms with Crippen molar-refractivity contribution in [2.24, 2.45) is 5.92 Å². The zero-order chi connectivity index (χ0) is 12.1. The first-order valence-corrected chi connectivity index (χ1v) is 5.64. The van der Waals surface area contributed by atoms with Crippen LogP contribution in [0.2, 0.25) is 0 Å². The highest BCUT2D eigenvalue weighted by Crippen LogP contribution is 2.48. The number of ether oxygens (including phenoxy) is 2. The summed E-state index contributed by atoms with van der Waals surface area (Å²) < 4.78 is 11.2. The lowest BCUT2D eigenvalue weighted by atomic mass is 9.66.